The number of thioether (sulfide) groups is 1. The summed E-state index contributed by atoms with van der Waals surface area (Å²) in [5.74, 6) is 1.34. The van der Waals surface area contributed by atoms with Gasteiger partial charge in [0.1, 0.15) is 6.73 Å². The van der Waals surface area contributed by atoms with E-state index >= 15 is 0 Å². The van der Waals surface area contributed by atoms with Crippen LogP contribution in [-0.4, -0.2) is 27.2 Å². The lowest BCUT2D eigenvalue weighted by Gasteiger charge is -2.12. The molecule has 0 aromatic rings. The van der Waals surface area contributed by atoms with Gasteiger partial charge in [-0.1, -0.05) is 19.6 Å². The van der Waals surface area contributed by atoms with E-state index < -0.39 is 0 Å². The Labute approximate surface area is 103 Å². The fourth-order valence-corrected chi connectivity index (χ4v) is 1.75. The summed E-state index contributed by atoms with van der Waals surface area (Å²) in [6, 6.07) is 0. The van der Waals surface area contributed by atoms with Crippen molar-refractivity contribution in [3.05, 3.63) is 23.4 Å². The van der Waals surface area contributed by atoms with E-state index in [4.69, 9.17) is 9.47 Å². The van der Waals surface area contributed by atoms with Gasteiger partial charge in [0.25, 0.3) is 0 Å². The predicted octanol–water partition coefficient (Wildman–Crippen LogP) is 2.96. The highest BCUT2D eigenvalue weighted by Crippen LogP contribution is 2.17. The maximum Gasteiger partial charge on any atom is 0.116 e. The van der Waals surface area contributed by atoms with Gasteiger partial charge < -0.3 is 14.8 Å². The second-order valence-corrected chi connectivity index (χ2v) is 4.45. The third-order valence-corrected chi connectivity index (χ3v) is 2.93. The minimum atomic E-state index is 0.499. The Kier molecular flexibility index (Phi) is 9.24. The van der Waals surface area contributed by atoms with Crippen molar-refractivity contribution in [2.75, 3.05) is 27.2 Å². The van der Waals surface area contributed by atoms with Crippen LogP contribution in [0.2, 0.25) is 0 Å². The molecule has 3 nitrogen and oxygen atoms in total. The van der Waals surface area contributed by atoms with Crippen LogP contribution >= 0.6 is 11.8 Å². The van der Waals surface area contributed by atoms with E-state index in [1.165, 1.54) is 0 Å². The van der Waals surface area contributed by atoms with E-state index in [-0.39, 0.29) is 0 Å². The van der Waals surface area contributed by atoms with Crippen molar-refractivity contribution < 1.29 is 9.47 Å². The Balaban J connectivity index is 3.99. The number of allylic oxidation sites excluding steroid dienone is 2. The van der Waals surface area contributed by atoms with Gasteiger partial charge in [0.2, 0.25) is 0 Å². The molecule has 0 heterocycles. The summed E-state index contributed by atoms with van der Waals surface area (Å²) >= 11 is 1.69. The van der Waals surface area contributed by atoms with Crippen molar-refractivity contribution in [1.29, 1.82) is 0 Å². The van der Waals surface area contributed by atoms with Crippen LogP contribution in [0.1, 0.15) is 19.8 Å². The first-order valence-corrected chi connectivity index (χ1v) is 6.56. The Hall–Kier alpha value is -0.610. The summed E-state index contributed by atoms with van der Waals surface area (Å²) < 4.78 is 10.0. The van der Waals surface area contributed by atoms with Crippen LogP contribution in [0.5, 0.6) is 0 Å². The van der Waals surface area contributed by atoms with Crippen LogP contribution in [0.25, 0.3) is 0 Å². The topological polar surface area (TPSA) is 30.5 Å². The first-order valence-electron chi connectivity index (χ1n) is 5.34. The zero-order valence-electron chi connectivity index (χ0n) is 10.7. The Morgan fingerprint density at radius 3 is 2.69 bits per heavy atom. The normalized spacial score (nSPS) is 13.4. The van der Waals surface area contributed by atoms with Gasteiger partial charge in [-0.05, 0) is 18.6 Å². The van der Waals surface area contributed by atoms with E-state index in [1.807, 2.05) is 0 Å². The number of rotatable bonds is 9. The third kappa shape index (κ3) is 7.65. The molecule has 0 spiro atoms. The van der Waals surface area contributed by atoms with Crippen LogP contribution in [-0.2, 0) is 9.47 Å². The van der Waals surface area contributed by atoms with Crippen molar-refractivity contribution in [2.45, 2.75) is 19.8 Å². The quantitative estimate of drug-likeness (QED) is 0.500. The zero-order chi connectivity index (χ0) is 12.4. The monoisotopic (exact) mass is 245 g/mol. The second-order valence-electron chi connectivity index (χ2n) is 3.60. The Morgan fingerprint density at radius 1 is 1.50 bits per heavy atom. The van der Waals surface area contributed by atoms with E-state index in [0.29, 0.717) is 12.6 Å². The van der Waals surface area contributed by atoms with Gasteiger partial charge in [-0.25, -0.2) is 0 Å². The maximum atomic E-state index is 5.04. The smallest absolute Gasteiger partial charge is 0.116 e. The summed E-state index contributed by atoms with van der Waals surface area (Å²) in [7, 11) is 3.34. The average molecular weight is 245 g/mol. The second kappa shape index (κ2) is 9.60. The lowest BCUT2D eigenvalue weighted by molar-refractivity contribution is 0.186. The minimum Gasteiger partial charge on any atom is -0.502 e. The zero-order valence-corrected chi connectivity index (χ0v) is 11.5. The SMILES string of the molecule is C=C(CC[C@@H](C)/C=C(\NCOC)SC)OC. The summed E-state index contributed by atoms with van der Waals surface area (Å²) in [4.78, 5) is 0. The molecule has 0 rings (SSSR count). The Bertz CT molecular complexity index is 229. The minimum absolute atomic E-state index is 0.499. The molecule has 4 heteroatoms. The number of ether oxygens (including phenoxy) is 2. The molecular formula is C12H23NO2S. The molecule has 0 aromatic heterocycles. The van der Waals surface area contributed by atoms with Gasteiger partial charge in [0, 0.05) is 13.5 Å². The van der Waals surface area contributed by atoms with Crippen LogP contribution in [0.15, 0.2) is 23.4 Å². The summed E-state index contributed by atoms with van der Waals surface area (Å²) in [6.07, 6.45) is 6.22. The van der Waals surface area contributed by atoms with Crippen LogP contribution in [0.4, 0.5) is 0 Å². The molecule has 0 bridgehead atoms. The first-order chi connectivity index (χ1) is 7.63. The third-order valence-electron chi connectivity index (χ3n) is 2.21. The number of methoxy groups -OCH3 is 2. The lowest BCUT2D eigenvalue weighted by Crippen LogP contribution is -2.14. The molecule has 0 amide bonds. The van der Waals surface area contributed by atoms with Crippen molar-refractivity contribution >= 4 is 11.8 Å². The molecule has 16 heavy (non-hydrogen) atoms. The molecule has 0 saturated carbocycles. The van der Waals surface area contributed by atoms with Gasteiger partial charge in [-0.15, -0.1) is 11.8 Å². The molecule has 94 valence electrons. The standard InChI is InChI=1S/C12H23NO2S/c1-10(6-7-11(2)15-4)8-12(16-5)13-9-14-3/h8,10,13H,2,6-7,9H2,1,3-5H3/b12-8+/t10-/m1/s1. The maximum absolute atomic E-state index is 5.04. The van der Waals surface area contributed by atoms with Crippen molar-refractivity contribution in [3.63, 3.8) is 0 Å². The number of hydrogen-bond donors (Lipinski definition) is 1. The molecule has 0 radical (unpaired) electrons. The molecule has 0 fully saturated rings. The van der Waals surface area contributed by atoms with E-state index in [2.05, 4.69) is 31.2 Å². The molecule has 1 N–H and O–H groups in total. The van der Waals surface area contributed by atoms with E-state index in [0.717, 1.165) is 23.6 Å². The molecule has 1 atom stereocenters. The summed E-state index contributed by atoms with van der Waals surface area (Å²) in [5, 5.41) is 4.35. The van der Waals surface area contributed by atoms with Crippen LogP contribution in [0, 0.1) is 5.92 Å². The molecule has 0 aliphatic carbocycles. The number of hydrogen-bond acceptors (Lipinski definition) is 4. The van der Waals surface area contributed by atoms with Gasteiger partial charge in [-0.2, -0.15) is 0 Å². The molecule has 0 aromatic carbocycles. The van der Waals surface area contributed by atoms with E-state index in [9.17, 15) is 0 Å². The van der Waals surface area contributed by atoms with Crippen molar-refractivity contribution in [1.82, 2.24) is 5.32 Å². The summed E-state index contributed by atoms with van der Waals surface area (Å²) in [6.45, 7) is 6.54. The highest BCUT2D eigenvalue weighted by atomic mass is 32.2. The molecule has 0 unspecified atom stereocenters. The molecule has 0 saturated heterocycles. The van der Waals surface area contributed by atoms with Crippen molar-refractivity contribution in [3.8, 4) is 0 Å². The lowest BCUT2D eigenvalue weighted by atomic mass is 10.1. The largest absolute Gasteiger partial charge is 0.502 e. The van der Waals surface area contributed by atoms with Crippen molar-refractivity contribution in [2.24, 2.45) is 5.92 Å². The van der Waals surface area contributed by atoms with Gasteiger partial charge in [-0.3, -0.25) is 0 Å². The van der Waals surface area contributed by atoms with Gasteiger partial charge in [0.05, 0.1) is 17.9 Å². The summed E-state index contributed by atoms with van der Waals surface area (Å²) in [5.41, 5.74) is 0. The molecular weight excluding hydrogens is 222 g/mol. The fraction of sp³-hybridized carbons (Fsp3) is 0.667. The van der Waals surface area contributed by atoms with E-state index in [1.54, 1.807) is 26.0 Å². The average Bonchev–Trinajstić information content (AvgIpc) is 2.31. The molecule has 0 aliphatic heterocycles. The Morgan fingerprint density at radius 2 is 2.19 bits per heavy atom. The molecule has 0 aliphatic rings. The van der Waals surface area contributed by atoms with Crippen LogP contribution < -0.4 is 5.32 Å². The highest BCUT2D eigenvalue weighted by molar-refractivity contribution is 8.02. The van der Waals surface area contributed by atoms with Gasteiger partial charge >= 0.3 is 0 Å². The number of nitrogens with one attached hydrogen (secondary N) is 1. The fourth-order valence-electron chi connectivity index (χ4n) is 1.17. The first kappa shape index (κ1) is 15.4. The predicted molar refractivity (Wildman–Crippen MR) is 71.2 cm³/mol. The van der Waals surface area contributed by atoms with Crippen LogP contribution in [0.3, 0.4) is 0 Å². The highest BCUT2D eigenvalue weighted by Gasteiger charge is 2.02. The van der Waals surface area contributed by atoms with Gasteiger partial charge in [0.15, 0.2) is 0 Å².